The maximum Gasteiger partial charge on any atom is 0.335 e. The van der Waals surface area contributed by atoms with E-state index in [2.05, 4.69) is 0 Å². The minimum absolute atomic E-state index is 0.340. The van der Waals surface area contributed by atoms with Gasteiger partial charge in [0.15, 0.2) is 6.10 Å². The molecular formula is C12H25NO3. The van der Waals surface area contributed by atoms with Crippen molar-refractivity contribution in [3.8, 4) is 0 Å². The van der Waals surface area contributed by atoms with Crippen molar-refractivity contribution in [3.05, 3.63) is 0 Å². The number of esters is 1. The molecule has 0 aromatic carbocycles. The Balaban J connectivity index is 4.47. The highest BCUT2D eigenvalue weighted by Crippen LogP contribution is 2.17. The van der Waals surface area contributed by atoms with Crippen LogP contribution >= 0.6 is 0 Å². The first-order chi connectivity index (χ1) is 7.05. The third-order valence-electron chi connectivity index (χ3n) is 1.59. The van der Waals surface area contributed by atoms with Gasteiger partial charge < -0.3 is 15.2 Å². The first-order valence-corrected chi connectivity index (χ1v) is 5.66. The van der Waals surface area contributed by atoms with Crippen molar-refractivity contribution in [2.45, 2.75) is 65.3 Å². The normalized spacial score (nSPS) is 14.7. The molecule has 0 aromatic heterocycles. The van der Waals surface area contributed by atoms with Crippen LogP contribution in [-0.4, -0.2) is 29.8 Å². The Morgan fingerprint density at radius 1 is 1.12 bits per heavy atom. The SMILES string of the molecule is CC(C)(C)OC(=O)[C@@H](CCN)OC(C)(C)C. The molecule has 2 N–H and O–H groups in total. The van der Waals surface area contributed by atoms with E-state index >= 15 is 0 Å². The lowest BCUT2D eigenvalue weighted by atomic mass is 10.1. The van der Waals surface area contributed by atoms with Gasteiger partial charge in [-0.15, -0.1) is 0 Å². The van der Waals surface area contributed by atoms with Crippen LogP contribution in [0.3, 0.4) is 0 Å². The number of rotatable bonds is 4. The minimum Gasteiger partial charge on any atom is -0.458 e. The summed E-state index contributed by atoms with van der Waals surface area (Å²) in [4.78, 5) is 11.8. The highest BCUT2D eigenvalue weighted by atomic mass is 16.6. The molecule has 0 spiro atoms. The first kappa shape index (κ1) is 15.4. The predicted molar refractivity (Wildman–Crippen MR) is 64.1 cm³/mol. The van der Waals surface area contributed by atoms with Crippen LogP contribution in [0, 0.1) is 0 Å². The van der Waals surface area contributed by atoms with Gasteiger partial charge in [-0.3, -0.25) is 0 Å². The summed E-state index contributed by atoms with van der Waals surface area (Å²) in [6.07, 6.45) is -0.101. The molecule has 0 radical (unpaired) electrons. The van der Waals surface area contributed by atoms with E-state index in [1.54, 1.807) is 0 Å². The topological polar surface area (TPSA) is 61.5 Å². The fourth-order valence-electron chi connectivity index (χ4n) is 1.17. The molecule has 0 aliphatic heterocycles. The zero-order chi connectivity index (χ0) is 13.0. The Labute approximate surface area is 98.5 Å². The third kappa shape index (κ3) is 7.65. The summed E-state index contributed by atoms with van der Waals surface area (Å²) in [6, 6.07) is 0. The van der Waals surface area contributed by atoms with Gasteiger partial charge in [0, 0.05) is 0 Å². The molecule has 0 fully saturated rings. The van der Waals surface area contributed by atoms with Gasteiger partial charge in [-0.1, -0.05) is 0 Å². The Kier molecular flexibility index (Phi) is 5.42. The highest BCUT2D eigenvalue weighted by molar-refractivity contribution is 5.75. The smallest absolute Gasteiger partial charge is 0.335 e. The van der Waals surface area contributed by atoms with Gasteiger partial charge in [0.1, 0.15) is 5.60 Å². The molecule has 16 heavy (non-hydrogen) atoms. The lowest BCUT2D eigenvalue weighted by Crippen LogP contribution is -2.39. The molecule has 0 bridgehead atoms. The molecule has 0 aliphatic rings. The number of carbonyl (C=O) groups excluding carboxylic acids is 1. The second-order valence-corrected chi connectivity index (χ2v) is 5.83. The van der Waals surface area contributed by atoms with Crippen LogP contribution in [-0.2, 0) is 14.3 Å². The largest absolute Gasteiger partial charge is 0.458 e. The van der Waals surface area contributed by atoms with Crippen LogP contribution in [0.4, 0.5) is 0 Å². The summed E-state index contributed by atoms with van der Waals surface area (Å²) < 4.78 is 10.9. The lowest BCUT2D eigenvalue weighted by molar-refractivity contribution is -0.177. The van der Waals surface area contributed by atoms with Crippen molar-refractivity contribution in [1.29, 1.82) is 0 Å². The van der Waals surface area contributed by atoms with Crippen molar-refractivity contribution >= 4 is 5.97 Å². The van der Waals surface area contributed by atoms with E-state index in [-0.39, 0.29) is 11.6 Å². The second kappa shape index (κ2) is 5.64. The fraction of sp³-hybridized carbons (Fsp3) is 0.917. The predicted octanol–water partition coefficient (Wildman–Crippen LogP) is 1.86. The van der Waals surface area contributed by atoms with Gasteiger partial charge in [-0.25, -0.2) is 4.79 Å². The minimum atomic E-state index is -0.579. The second-order valence-electron chi connectivity index (χ2n) is 5.83. The molecule has 1 atom stereocenters. The highest BCUT2D eigenvalue weighted by Gasteiger charge is 2.28. The Bertz CT molecular complexity index is 225. The van der Waals surface area contributed by atoms with Gasteiger partial charge in [0.05, 0.1) is 5.60 Å². The molecule has 0 heterocycles. The van der Waals surface area contributed by atoms with Crippen LogP contribution < -0.4 is 5.73 Å². The molecule has 0 aliphatic carbocycles. The van der Waals surface area contributed by atoms with Crippen molar-refractivity contribution in [2.75, 3.05) is 6.54 Å². The van der Waals surface area contributed by atoms with E-state index in [1.165, 1.54) is 0 Å². The zero-order valence-corrected chi connectivity index (χ0v) is 11.3. The maximum absolute atomic E-state index is 11.8. The van der Waals surface area contributed by atoms with Crippen molar-refractivity contribution in [1.82, 2.24) is 0 Å². The summed E-state index contributed by atoms with van der Waals surface area (Å²) in [5, 5.41) is 0. The first-order valence-electron chi connectivity index (χ1n) is 5.66. The van der Waals surface area contributed by atoms with Crippen molar-refractivity contribution < 1.29 is 14.3 Å². The molecular weight excluding hydrogens is 206 g/mol. The molecule has 0 saturated heterocycles. The molecule has 0 aromatic rings. The average Bonchev–Trinajstić information content (AvgIpc) is 1.97. The summed E-state index contributed by atoms with van der Waals surface area (Å²) in [6.45, 7) is 11.6. The van der Waals surface area contributed by atoms with Crippen LogP contribution in [0.2, 0.25) is 0 Å². The van der Waals surface area contributed by atoms with Gasteiger partial charge in [-0.2, -0.15) is 0 Å². The monoisotopic (exact) mass is 231 g/mol. The number of hydrogen-bond acceptors (Lipinski definition) is 4. The van der Waals surface area contributed by atoms with Crippen LogP contribution in [0.15, 0.2) is 0 Å². The quantitative estimate of drug-likeness (QED) is 0.750. The van der Waals surface area contributed by atoms with E-state index in [0.717, 1.165) is 0 Å². The average molecular weight is 231 g/mol. The number of nitrogens with two attached hydrogens (primary N) is 1. The summed E-state index contributed by atoms with van der Waals surface area (Å²) in [7, 11) is 0. The van der Waals surface area contributed by atoms with E-state index in [0.29, 0.717) is 13.0 Å². The zero-order valence-electron chi connectivity index (χ0n) is 11.3. The summed E-state index contributed by atoms with van der Waals surface area (Å²) in [5.74, 6) is -0.340. The summed E-state index contributed by atoms with van der Waals surface area (Å²) >= 11 is 0. The number of ether oxygens (including phenoxy) is 2. The lowest BCUT2D eigenvalue weighted by Gasteiger charge is -2.29. The number of carbonyl (C=O) groups is 1. The fourth-order valence-corrected chi connectivity index (χ4v) is 1.17. The van der Waals surface area contributed by atoms with Gasteiger partial charge in [0.2, 0.25) is 0 Å². The maximum atomic E-state index is 11.8. The Morgan fingerprint density at radius 3 is 1.94 bits per heavy atom. The van der Waals surface area contributed by atoms with E-state index in [1.807, 2.05) is 41.5 Å². The molecule has 0 amide bonds. The van der Waals surface area contributed by atoms with Crippen LogP contribution in [0.25, 0.3) is 0 Å². The number of hydrogen-bond donors (Lipinski definition) is 1. The van der Waals surface area contributed by atoms with E-state index in [4.69, 9.17) is 15.2 Å². The molecule has 4 heteroatoms. The molecule has 96 valence electrons. The van der Waals surface area contributed by atoms with Gasteiger partial charge in [0.25, 0.3) is 0 Å². The van der Waals surface area contributed by atoms with Gasteiger partial charge >= 0.3 is 5.97 Å². The Hall–Kier alpha value is -0.610. The van der Waals surface area contributed by atoms with Crippen molar-refractivity contribution in [2.24, 2.45) is 5.73 Å². The molecule has 0 saturated carbocycles. The molecule has 4 nitrogen and oxygen atoms in total. The third-order valence-corrected chi connectivity index (χ3v) is 1.59. The van der Waals surface area contributed by atoms with Crippen LogP contribution in [0.1, 0.15) is 48.0 Å². The van der Waals surface area contributed by atoms with E-state index < -0.39 is 11.7 Å². The Morgan fingerprint density at radius 2 is 1.62 bits per heavy atom. The summed E-state index contributed by atoms with van der Waals surface area (Å²) in [5.41, 5.74) is 4.59. The van der Waals surface area contributed by atoms with Crippen LogP contribution in [0.5, 0.6) is 0 Å². The van der Waals surface area contributed by atoms with Gasteiger partial charge in [-0.05, 0) is 54.5 Å². The van der Waals surface area contributed by atoms with Crippen molar-refractivity contribution in [3.63, 3.8) is 0 Å². The standard InChI is InChI=1S/C12H25NO3/c1-11(2,3)15-9(7-8-13)10(14)16-12(4,5)6/h9H,7-8,13H2,1-6H3/t9-/m1/s1. The molecule has 0 rings (SSSR count). The molecule has 0 unspecified atom stereocenters. The van der Waals surface area contributed by atoms with E-state index in [9.17, 15) is 4.79 Å².